The summed E-state index contributed by atoms with van der Waals surface area (Å²) < 4.78 is 10.9. The molecule has 41 heavy (non-hydrogen) atoms. The molecule has 0 aliphatic heterocycles. The fourth-order valence-electron chi connectivity index (χ4n) is 4.46. The molecule has 230 valence electrons. The van der Waals surface area contributed by atoms with E-state index in [1.165, 1.54) is 0 Å². The summed E-state index contributed by atoms with van der Waals surface area (Å²) in [4.78, 5) is 26.0. The van der Waals surface area contributed by atoms with Crippen molar-refractivity contribution in [1.29, 1.82) is 0 Å². The zero-order chi connectivity index (χ0) is 29.7. The molecular formula is C32H50ClN3O5. The molecule has 0 heterocycles. The summed E-state index contributed by atoms with van der Waals surface area (Å²) in [6.45, 7) is 11.5. The summed E-state index contributed by atoms with van der Waals surface area (Å²) >= 11 is 0. The van der Waals surface area contributed by atoms with Crippen molar-refractivity contribution < 1.29 is 24.2 Å². The number of aliphatic hydroxyl groups is 1. The third kappa shape index (κ3) is 11.6. The van der Waals surface area contributed by atoms with Gasteiger partial charge in [-0.1, -0.05) is 55.8 Å². The van der Waals surface area contributed by atoms with Gasteiger partial charge in [-0.15, -0.1) is 12.4 Å². The van der Waals surface area contributed by atoms with E-state index in [9.17, 15) is 14.7 Å². The van der Waals surface area contributed by atoms with Crippen LogP contribution in [0.4, 0.5) is 0 Å². The van der Waals surface area contributed by atoms with Gasteiger partial charge in [0, 0.05) is 32.8 Å². The molecule has 0 unspecified atom stereocenters. The number of benzene rings is 2. The van der Waals surface area contributed by atoms with E-state index >= 15 is 0 Å². The summed E-state index contributed by atoms with van der Waals surface area (Å²) in [6.07, 6.45) is 1.31. The second-order valence-electron chi connectivity index (χ2n) is 11.4. The molecule has 2 aromatic rings. The van der Waals surface area contributed by atoms with Crippen LogP contribution in [0.2, 0.25) is 0 Å². The molecule has 3 atom stereocenters. The number of unbranched alkanes of at least 4 members (excludes halogenated alkanes) is 1. The van der Waals surface area contributed by atoms with E-state index in [0.717, 1.165) is 24.0 Å². The molecule has 0 aromatic heterocycles. The first-order chi connectivity index (χ1) is 19.0. The standard InChI is InChI=1S/C32H49N3O5.ClH/c1-22(2)24(20-34-30(37)26-14-7-8-15-29(26)40-17-10-9-16-39-6)19-27(33)28(36)21-35-31(38)32(4,5)25-13-11-12-23(3)18-25;/h7-8,11-15,18,22,24,27-28,36H,9-10,16-17,19-21,33H2,1-6H3,(H,34,37)(H,35,38);1H/t24-,27+,28+;/m1./s1. The number of ether oxygens (including phenoxy) is 2. The molecule has 0 spiro atoms. The molecule has 0 fully saturated rings. The number of halogens is 1. The summed E-state index contributed by atoms with van der Waals surface area (Å²) in [5.41, 5.74) is 8.11. The van der Waals surface area contributed by atoms with Gasteiger partial charge in [-0.05, 0) is 69.6 Å². The van der Waals surface area contributed by atoms with Crippen LogP contribution in [0.1, 0.15) is 68.4 Å². The van der Waals surface area contributed by atoms with Gasteiger partial charge in [0.15, 0.2) is 0 Å². The van der Waals surface area contributed by atoms with Crippen molar-refractivity contribution >= 4 is 24.2 Å². The van der Waals surface area contributed by atoms with Crippen LogP contribution >= 0.6 is 12.4 Å². The molecule has 0 aliphatic carbocycles. The number of hydrogen-bond acceptors (Lipinski definition) is 6. The van der Waals surface area contributed by atoms with Crippen LogP contribution in [-0.2, 0) is 14.9 Å². The lowest BCUT2D eigenvalue weighted by molar-refractivity contribution is -0.126. The van der Waals surface area contributed by atoms with Crippen LogP contribution in [0.5, 0.6) is 5.75 Å². The molecular weight excluding hydrogens is 542 g/mol. The zero-order valence-corrected chi connectivity index (χ0v) is 26.3. The Morgan fingerprint density at radius 2 is 1.68 bits per heavy atom. The van der Waals surface area contributed by atoms with E-state index in [0.29, 0.717) is 37.5 Å². The number of rotatable bonds is 17. The van der Waals surface area contributed by atoms with Crippen LogP contribution in [0, 0.1) is 18.8 Å². The Bertz CT molecular complexity index is 1080. The molecule has 9 heteroatoms. The summed E-state index contributed by atoms with van der Waals surface area (Å²) in [5.74, 6) is 0.431. The van der Waals surface area contributed by atoms with E-state index in [-0.39, 0.29) is 42.6 Å². The highest BCUT2D eigenvalue weighted by molar-refractivity contribution is 5.96. The SMILES string of the molecule is COCCCCOc1ccccc1C(=O)NC[C@@H](C[C@H](N)[C@@H](O)CNC(=O)C(C)(C)c1cccc(C)c1)C(C)C.Cl. The second kappa shape index (κ2) is 18.0. The van der Waals surface area contributed by atoms with Crippen molar-refractivity contribution in [3.05, 3.63) is 65.2 Å². The first kappa shape index (κ1) is 36.4. The molecule has 0 saturated heterocycles. The average Bonchev–Trinajstić information content (AvgIpc) is 2.93. The summed E-state index contributed by atoms with van der Waals surface area (Å²) in [6, 6.07) is 14.5. The lowest BCUT2D eigenvalue weighted by Crippen LogP contribution is -2.49. The Morgan fingerprint density at radius 1 is 1.00 bits per heavy atom. The number of carbonyl (C=O) groups excluding carboxylic acids is 2. The Morgan fingerprint density at radius 3 is 2.34 bits per heavy atom. The van der Waals surface area contributed by atoms with Crippen LogP contribution in [0.25, 0.3) is 0 Å². The number of hydrogen-bond donors (Lipinski definition) is 4. The number of para-hydroxylation sites is 1. The number of amides is 2. The molecule has 0 bridgehead atoms. The minimum absolute atomic E-state index is 0. The zero-order valence-electron chi connectivity index (χ0n) is 25.4. The van der Waals surface area contributed by atoms with Gasteiger partial charge in [0.2, 0.25) is 5.91 Å². The lowest BCUT2D eigenvalue weighted by atomic mass is 9.83. The number of aryl methyl sites for hydroxylation is 1. The summed E-state index contributed by atoms with van der Waals surface area (Å²) in [5, 5.41) is 16.6. The number of nitrogens with one attached hydrogen (secondary N) is 2. The van der Waals surface area contributed by atoms with Crippen molar-refractivity contribution in [3.8, 4) is 5.75 Å². The molecule has 8 nitrogen and oxygen atoms in total. The van der Waals surface area contributed by atoms with Crippen molar-refractivity contribution in [2.24, 2.45) is 17.6 Å². The topological polar surface area (TPSA) is 123 Å². The van der Waals surface area contributed by atoms with E-state index in [1.807, 2.05) is 57.2 Å². The fraction of sp³-hybridized carbons (Fsp3) is 0.562. The van der Waals surface area contributed by atoms with E-state index < -0.39 is 17.6 Å². The first-order valence-electron chi connectivity index (χ1n) is 14.2. The maximum Gasteiger partial charge on any atom is 0.255 e. The highest BCUT2D eigenvalue weighted by Crippen LogP contribution is 2.25. The van der Waals surface area contributed by atoms with Gasteiger partial charge in [-0.2, -0.15) is 0 Å². The number of carbonyl (C=O) groups is 2. The highest BCUT2D eigenvalue weighted by atomic mass is 35.5. The van der Waals surface area contributed by atoms with E-state index in [1.54, 1.807) is 19.2 Å². The number of nitrogens with two attached hydrogens (primary N) is 1. The van der Waals surface area contributed by atoms with Crippen LogP contribution in [0.15, 0.2) is 48.5 Å². The third-order valence-corrected chi connectivity index (χ3v) is 7.45. The normalized spacial score (nSPS) is 13.6. The maximum atomic E-state index is 13.0. The fourth-order valence-corrected chi connectivity index (χ4v) is 4.46. The Labute approximate surface area is 252 Å². The first-order valence-corrected chi connectivity index (χ1v) is 14.2. The lowest BCUT2D eigenvalue weighted by Gasteiger charge is -2.29. The minimum atomic E-state index is -0.915. The van der Waals surface area contributed by atoms with Gasteiger partial charge in [-0.3, -0.25) is 9.59 Å². The highest BCUT2D eigenvalue weighted by Gasteiger charge is 2.31. The van der Waals surface area contributed by atoms with E-state index in [2.05, 4.69) is 24.5 Å². The minimum Gasteiger partial charge on any atom is -0.493 e. The van der Waals surface area contributed by atoms with Crippen molar-refractivity contribution in [2.45, 2.75) is 71.4 Å². The van der Waals surface area contributed by atoms with Gasteiger partial charge in [-0.25, -0.2) is 0 Å². The predicted octanol–water partition coefficient (Wildman–Crippen LogP) is 4.40. The Hall–Kier alpha value is -2.65. The summed E-state index contributed by atoms with van der Waals surface area (Å²) in [7, 11) is 1.67. The smallest absolute Gasteiger partial charge is 0.255 e. The van der Waals surface area contributed by atoms with Gasteiger partial charge < -0.3 is 30.9 Å². The van der Waals surface area contributed by atoms with Gasteiger partial charge >= 0.3 is 0 Å². The Kier molecular flexibility index (Phi) is 16.0. The van der Waals surface area contributed by atoms with Crippen LogP contribution in [0.3, 0.4) is 0 Å². The monoisotopic (exact) mass is 591 g/mol. The van der Waals surface area contributed by atoms with Crippen LogP contribution < -0.4 is 21.1 Å². The molecule has 0 saturated carbocycles. The van der Waals surface area contributed by atoms with Crippen molar-refractivity contribution in [1.82, 2.24) is 10.6 Å². The molecule has 2 aromatic carbocycles. The molecule has 2 rings (SSSR count). The Balaban J connectivity index is 0.00000840. The third-order valence-electron chi connectivity index (χ3n) is 7.45. The van der Waals surface area contributed by atoms with Gasteiger partial charge in [0.05, 0.1) is 23.7 Å². The molecule has 2 amide bonds. The largest absolute Gasteiger partial charge is 0.493 e. The maximum absolute atomic E-state index is 13.0. The molecule has 0 radical (unpaired) electrons. The number of methoxy groups -OCH3 is 1. The predicted molar refractivity (Wildman–Crippen MR) is 167 cm³/mol. The second-order valence-corrected chi connectivity index (χ2v) is 11.4. The quantitative estimate of drug-likeness (QED) is 0.202. The van der Waals surface area contributed by atoms with Gasteiger partial charge in [0.1, 0.15) is 5.75 Å². The van der Waals surface area contributed by atoms with Crippen LogP contribution in [-0.4, -0.2) is 62.5 Å². The number of aliphatic hydroxyl groups excluding tert-OH is 1. The molecule has 5 N–H and O–H groups in total. The van der Waals surface area contributed by atoms with Gasteiger partial charge in [0.25, 0.3) is 5.91 Å². The van der Waals surface area contributed by atoms with E-state index in [4.69, 9.17) is 15.2 Å². The van der Waals surface area contributed by atoms with Crippen molar-refractivity contribution in [3.63, 3.8) is 0 Å². The average molecular weight is 592 g/mol. The van der Waals surface area contributed by atoms with Crippen molar-refractivity contribution in [2.75, 3.05) is 33.4 Å². The molecule has 0 aliphatic rings.